The maximum atomic E-state index is 12.3. The maximum Gasteiger partial charge on any atom is 0.205 e. The van der Waals surface area contributed by atoms with Gasteiger partial charge in [0.05, 0.1) is 32.5 Å². The number of phenolic OH excluding ortho intramolecular Hbond substituents is 26. The number of benzene rings is 9. The highest BCUT2D eigenvalue weighted by Gasteiger charge is 2.40. The molecule has 26 N–H and O–H groups in total. The Morgan fingerprint density at radius 2 is 0.366 bits per heavy atom. The number of aromatic hydroxyl groups is 26. The van der Waals surface area contributed by atoms with Gasteiger partial charge >= 0.3 is 0 Å². The highest BCUT2D eigenvalue weighted by Crippen LogP contribution is 2.69. The van der Waals surface area contributed by atoms with Gasteiger partial charge in [0, 0.05) is 54.4 Å². The molecule has 0 unspecified atom stereocenters. The second-order valence-electron chi connectivity index (χ2n) is 15.8. The van der Waals surface area contributed by atoms with Crippen LogP contribution in [0.4, 0.5) is 0 Å². The molecule has 1 aromatic heterocycles. The van der Waals surface area contributed by atoms with Crippen molar-refractivity contribution >= 4 is 75.8 Å². The SMILES string of the molecule is Oc1c(O)c(-c2c3c(O)c(O)c(O)c(O)c3c(-c3c(O)c(O)c4c(O)c(O)c5c(O)c(O)c(O)c(O)c5c4c3O)c3c(O)c(O)c(O)c(O)c23)c2c(oc3c(O)c4c(O)c(O)c(O)c(O)c4c(O)c32)c1O. The number of hydrogen-bond acceptors (Lipinski definition) is 27. The number of fused-ring (bicyclic) bond motifs is 9. The van der Waals surface area contributed by atoms with Crippen molar-refractivity contribution < 1.29 is 137 Å². The first-order chi connectivity index (χ1) is 33.2. The monoisotopic (exact) mass is 986 g/mol. The summed E-state index contributed by atoms with van der Waals surface area (Å²) < 4.78 is 5.57. The van der Waals surface area contributed by atoms with Crippen molar-refractivity contribution in [3.8, 4) is 172 Å². The molecule has 364 valence electrons. The molecule has 10 aromatic rings. The molecule has 0 saturated carbocycles. The third kappa shape index (κ3) is 4.72. The molecular formula is C44H26O27. The summed E-state index contributed by atoms with van der Waals surface area (Å²) in [5, 5.41) is 277. The Balaban J connectivity index is 1.57. The van der Waals surface area contributed by atoms with Gasteiger partial charge in [-0.1, -0.05) is 0 Å². The Kier molecular flexibility index (Phi) is 8.18. The minimum absolute atomic E-state index is 1.07. The third-order valence-electron chi connectivity index (χ3n) is 12.4. The summed E-state index contributed by atoms with van der Waals surface area (Å²) in [6.45, 7) is 0. The first-order valence-electron chi connectivity index (χ1n) is 19.2. The molecule has 0 radical (unpaired) electrons. The molecule has 27 heteroatoms. The summed E-state index contributed by atoms with van der Waals surface area (Å²) >= 11 is 0. The van der Waals surface area contributed by atoms with Gasteiger partial charge in [0.15, 0.2) is 91.7 Å². The van der Waals surface area contributed by atoms with Gasteiger partial charge < -0.3 is 137 Å². The number of furan rings is 1. The van der Waals surface area contributed by atoms with Crippen molar-refractivity contribution in [2.24, 2.45) is 0 Å². The van der Waals surface area contributed by atoms with E-state index in [1.807, 2.05) is 0 Å². The zero-order chi connectivity index (χ0) is 52.1. The van der Waals surface area contributed by atoms with Crippen molar-refractivity contribution in [3.63, 3.8) is 0 Å². The van der Waals surface area contributed by atoms with Crippen molar-refractivity contribution in [1.29, 1.82) is 0 Å². The topological polar surface area (TPSA) is 539 Å². The van der Waals surface area contributed by atoms with Gasteiger partial charge in [-0.3, -0.25) is 0 Å². The van der Waals surface area contributed by atoms with Crippen LogP contribution in [0.25, 0.3) is 98.1 Å². The van der Waals surface area contributed by atoms with Crippen LogP contribution in [-0.2, 0) is 0 Å². The first-order valence-corrected chi connectivity index (χ1v) is 19.2. The average molecular weight is 987 g/mol. The zero-order valence-corrected chi connectivity index (χ0v) is 34.0. The van der Waals surface area contributed by atoms with Crippen LogP contribution in [0.2, 0.25) is 0 Å². The Bertz CT molecular complexity index is 4200. The smallest absolute Gasteiger partial charge is 0.205 e. The molecule has 10 rings (SSSR count). The van der Waals surface area contributed by atoms with E-state index in [1.54, 1.807) is 0 Å². The minimum Gasteiger partial charge on any atom is -0.506 e. The van der Waals surface area contributed by atoms with Crippen LogP contribution in [0.15, 0.2) is 4.42 Å². The molecule has 0 fully saturated rings. The van der Waals surface area contributed by atoms with E-state index < -0.39 is 248 Å². The fourth-order valence-electron chi connectivity index (χ4n) is 9.28. The van der Waals surface area contributed by atoms with E-state index in [9.17, 15) is 133 Å². The van der Waals surface area contributed by atoms with E-state index >= 15 is 0 Å². The van der Waals surface area contributed by atoms with Gasteiger partial charge in [0.1, 0.15) is 11.5 Å². The Labute approximate surface area is 384 Å². The third-order valence-corrected chi connectivity index (χ3v) is 12.4. The highest BCUT2D eigenvalue weighted by molar-refractivity contribution is 6.36. The summed E-state index contributed by atoms with van der Waals surface area (Å²) in [6.07, 6.45) is 0. The summed E-state index contributed by atoms with van der Waals surface area (Å²) in [5.41, 5.74) is -7.91. The standard InChI is InChI=1S/C44H26O27/c45-17-8-9-13(29(57)38(66)37(65)24(9)52)28(56)27(55)12(8)26(54)25(53)11(17)2-5-3(19(47)33(61)35(63)21(5)49)1(4-6(2)22(50)36(64)34(62)20(4)48)7-10-16-18(46)14-15(31(59)40(68)39(67)30(14)58)32(60)44(16)71-43(10)42(70)41(69)23(7)51/h45-70H. The van der Waals surface area contributed by atoms with Crippen molar-refractivity contribution in [1.82, 2.24) is 0 Å². The Morgan fingerprint density at radius 1 is 0.127 bits per heavy atom. The molecule has 0 atom stereocenters. The van der Waals surface area contributed by atoms with E-state index in [0.717, 1.165) is 0 Å². The van der Waals surface area contributed by atoms with Gasteiger partial charge in [-0.25, -0.2) is 0 Å². The Hall–Kier alpha value is -11.1. The van der Waals surface area contributed by atoms with Crippen molar-refractivity contribution in [2.75, 3.05) is 0 Å². The molecule has 9 aromatic carbocycles. The van der Waals surface area contributed by atoms with Gasteiger partial charge in [-0.2, -0.15) is 0 Å². The molecule has 71 heavy (non-hydrogen) atoms. The highest BCUT2D eigenvalue weighted by atomic mass is 16.4. The summed E-state index contributed by atoms with van der Waals surface area (Å²) in [4.78, 5) is 0. The number of phenols is 26. The second-order valence-corrected chi connectivity index (χ2v) is 15.8. The van der Waals surface area contributed by atoms with Crippen LogP contribution in [0.3, 0.4) is 0 Å². The van der Waals surface area contributed by atoms with Crippen LogP contribution < -0.4 is 0 Å². The van der Waals surface area contributed by atoms with Crippen LogP contribution in [0.5, 0.6) is 149 Å². The fourth-order valence-corrected chi connectivity index (χ4v) is 9.28. The van der Waals surface area contributed by atoms with E-state index in [0.29, 0.717) is 0 Å². The molecule has 0 aliphatic heterocycles. The lowest BCUT2D eigenvalue weighted by molar-refractivity contribution is 0.349. The predicted molar refractivity (Wildman–Crippen MR) is 235 cm³/mol. The summed E-state index contributed by atoms with van der Waals surface area (Å²) in [5.74, 6) is -42.1. The Morgan fingerprint density at radius 3 is 0.761 bits per heavy atom. The lowest BCUT2D eigenvalue weighted by Crippen LogP contribution is -1.97. The van der Waals surface area contributed by atoms with Crippen LogP contribution >= 0.6 is 0 Å². The lowest BCUT2D eigenvalue weighted by atomic mass is 9.81. The van der Waals surface area contributed by atoms with E-state index in [-0.39, 0.29) is 0 Å². The minimum atomic E-state index is -1.78. The van der Waals surface area contributed by atoms with Crippen LogP contribution in [0, 0.1) is 0 Å². The fraction of sp³-hybridized carbons (Fsp3) is 0. The molecule has 27 nitrogen and oxygen atoms in total. The van der Waals surface area contributed by atoms with Crippen molar-refractivity contribution in [3.05, 3.63) is 0 Å². The van der Waals surface area contributed by atoms with Gasteiger partial charge in [-0.15, -0.1) is 0 Å². The zero-order valence-electron chi connectivity index (χ0n) is 34.0. The van der Waals surface area contributed by atoms with Crippen molar-refractivity contribution in [2.45, 2.75) is 0 Å². The van der Waals surface area contributed by atoms with Gasteiger partial charge in [0.25, 0.3) is 0 Å². The molecular weight excluding hydrogens is 960 g/mol. The largest absolute Gasteiger partial charge is 0.506 e. The molecule has 0 amide bonds. The van der Waals surface area contributed by atoms with E-state index in [1.165, 1.54) is 0 Å². The molecule has 0 bridgehead atoms. The first kappa shape index (κ1) is 43.8. The number of rotatable bonds is 2. The molecule has 0 spiro atoms. The summed E-state index contributed by atoms with van der Waals surface area (Å²) in [6, 6.07) is 0. The normalized spacial score (nSPS) is 12.0. The van der Waals surface area contributed by atoms with E-state index in [4.69, 9.17) is 4.42 Å². The second kappa shape index (κ2) is 13.3. The summed E-state index contributed by atoms with van der Waals surface area (Å²) in [7, 11) is 0. The average Bonchev–Trinajstić information content (AvgIpc) is 3.74. The lowest BCUT2D eigenvalue weighted by Gasteiger charge is -2.25. The molecule has 0 saturated heterocycles. The van der Waals surface area contributed by atoms with Crippen LogP contribution in [0.1, 0.15) is 0 Å². The quantitative estimate of drug-likeness (QED) is 0.0467. The van der Waals surface area contributed by atoms with E-state index in [2.05, 4.69) is 0 Å². The van der Waals surface area contributed by atoms with Gasteiger partial charge in [-0.05, 0) is 0 Å². The van der Waals surface area contributed by atoms with Crippen LogP contribution in [-0.4, -0.2) is 133 Å². The molecule has 0 aliphatic carbocycles. The maximum absolute atomic E-state index is 12.3. The van der Waals surface area contributed by atoms with Gasteiger partial charge in [0.2, 0.25) is 57.5 Å². The molecule has 1 heterocycles. The molecule has 0 aliphatic rings. The number of hydrogen-bond donors (Lipinski definition) is 26. The predicted octanol–water partition coefficient (Wildman–Crippen LogP) is 5.03.